The molecule has 1 fully saturated rings. The fourth-order valence-electron chi connectivity index (χ4n) is 3.29. The second-order valence-electron chi connectivity index (χ2n) is 6.66. The molecule has 1 aliphatic rings. The average molecular weight is 399 g/mol. The van der Waals surface area contributed by atoms with Crippen LogP contribution in [-0.4, -0.2) is 27.6 Å². The number of hydrogen-bond acceptors (Lipinski definition) is 6. The number of benzene rings is 1. The van der Waals surface area contributed by atoms with E-state index in [1.165, 1.54) is 0 Å². The van der Waals surface area contributed by atoms with Gasteiger partial charge in [-0.25, -0.2) is 0 Å². The molecule has 1 N–H and O–H groups in total. The van der Waals surface area contributed by atoms with E-state index < -0.39 is 0 Å². The highest BCUT2D eigenvalue weighted by molar-refractivity contribution is 6.31. The lowest BCUT2D eigenvalue weighted by Gasteiger charge is -2.14. The summed E-state index contributed by atoms with van der Waals surface area (Å²) >= 11 is 6.09. The van der Waals surface area contributed by atoms with Crippen molar-refractivity contribution in [3.8, 4) is 0 Å². The Morgan fingerprint density at radius 3 is 3.04 bits per heavy atom. The number of nitrogens with one attached hydrogen (secondary N) is 1. The normalized spacial score (nSPS) is 18.9. The zero-order valence-corrected chi connectivity index (χ0v) is 16.0. The highest BCUT2D eigenvalue weighted by Gasteiger charge is 2.35. The number of amides is 1. The van der Waals surface area contributed by atoms with Crippen molar-refractivity contribution in [3.63, 3.8) is 0 Å². The molecule has 1 saturated heterocycles. The van der Waals surface area contributed by atoms with Gasteiger partial charge in [0.05, 0.1) is 18.4 Å². The first-order valence-corrected chi connectivity index (χ1v) is 9.38. The third-order valence-corrected chi connectivity index (χ3v) is 5.18. The van der Waals surface area contributed by atoms with Gasteiger partial charge >= 0.3 is 0 Å². The lowest BCUT2D eigenvalue weighted by atomic mass is 9.96. The predicted octanol–water partition coefficient (Wildman–Crippen LogP) is 3.85. The maximum Gasteiger partial charge on any atom is 0.232 e. The zero-order valence-electron chi connectivity index (χ0n) is 15.3. The molecular weight excluding hydrogens is 380 g/mol. The van der Waals surface area contributed by atoms with Gasteiger partial charge in [0.1, 0.15) is 0 Å². The molecule has 0 aliphatic carbocycles. The third kappa shape index (κ3) is 3.90. The van der Waals surface area contributed by atoms with Gasteiger partial charge in [0.15, 0.2) is 5.82 Å². The van der Waals surface area contributed by atoms with Crippen molar-refractivity contribution in [2.24, 2.45) is 0 Å². The van der Waals surface area contributed by atoms with Gasteiger partial charge in [0.2, 0.25) is 11.8 Å². The van der Waals surface area contributed by atoms with Gasteiger partial charge in [-0.1, -0.05) is 28.9 Å². The van der Waals surface area contributed by atoms with Crippen LogP contribution in [-0.2, 0) is 16.0 Å². The third-order valence-electron chi connectivity index (χ3n) is 4.77. The van der Waals surface area contributed by atoms with Crippen LogP contribution in [0.1, 0.15) is 41.3 Å². The van der Waals surface area contributed by atoms with Crippen LogP contribution in [0.5, 0.6) is 0 Å². The van der Waals surface area contributed by atoms with Gasteiger partial charge in [-0.2, -0.15) is 4.98 Å². The van der Waals surface area contributed by atoms with Crippen LogP contribution < -0.4 is 5.32 Å². The summed E-state index contributed by atoms with van der Waals surface area (Å²) in [5, 5.41) is 7.40. The van der Waals surface area contributed by atoms with E-state index in [4.69, 9.17) is 20.9 Å². The number of carbonyl (C=O) groups excluding carboxylic acids is 1. The van der Waals surface area contributed by atoms with E-state index in [1.807, 2.05) is 19.1 Å². The number of pyridine rings is 1. The van der Waals surface area contributed by atoms with Crippen LogP contribution in [0.3, 0.4) is 0 Å². The molecule has 0 spiro atoms. The van der Waals surface area contributed by atoms with Crippen molar-refractivity contribution in [3.05, 3.63) is 70.6 Å². The molecule has 2 aromatic heterocycles. The summed E-state index contributed by atoms with van der Waals surface area (Å²) in [7, 11) is 0. The largest absolute Gasteiger partial charge is 0.373 e. The fraction of sp³-hybridized carbons (Fsp3) is 0.300. The zero-order chi connectivity index (χ0) is 19.5. The first-order valence-electron chi connectivity index (χ1n) is 9.01. The lowest BCUT2D eigenvalue weighted by Crippen LogP contribution is -2.16. The Balaban J connectivity index is 1.44. The number of ether oxygens (including phenoxy) is 1. The second kappa shape index (κ2) is 8.08. The number of halogens is 1. The van der Waals surface area contributed by atoms with Crippen LogP contribution in [0, 0.1) is 6.92 Å². The van der Waals surface area contributed by atoms with Crippen LogP contribution >= 0.6 is 11.6 Å². The summed E-state index contributed by atoms with van der Waals surface area (Å²) < 4.78 is 11.3. The Hall–Kier alpha value is -2.77. The number of hydrogen-bond donors (Lipinski definition) is 1. The van der Waals surface area contributed by atoms with E-state index in [0.29, 0.717) is 29.0 Å². The van der Waals surface area contributed by atoms with Crippen molar-refractivity contribution in [2.45, 2.75) is 31.8 Å². The van der Waals surface area contributed by atoms with Gasteiger partial charge in [0.25, 0.3) is 0 Å². The van der Waals surface area contributed by atoms with Crippen molar-refractivity contribution in [1.82, 2.24) is 15.1 Å². The Bertz CT molecular complexity index is 977. The topological polar surface area (TPSA) is 90.1 Å². The molecule has 3 aromatic rings. The molecule has 4 rings (SSSR count). The first kappa shape index (κ1) is 18.6. The molecule has 3 heterocycles. The summed E-state index contributed by atoms with van der Waals surface area (Å²) in [5.74, 6) is 0.532. The van der Waals surface area contributed by atoms with E-state index in [0.717, 1.165) is 17.5 Å². The van der Waals surface area contributed by atoms with Crippen LogP contribution in [0.2, 0.25) is 5.02 Å². The molecule has 0 saturated carbocycles. The SMILES string of the molecule is Cc1c(Cl)cccc1NC(=O)Cc1noc([C@H]2CCO[C@@H]2c2cccnc2)n1. The summed E-state index contributed by atoms with van der Waals surface area (Å²) in [4.78, 5) is 20.9. The summed E-state index contributed by atoms with van der Waals surface area (Å²) in [6, 6.07) is 9.20. The van der Waals surface area contributed by atoms with Crippen molar-refractivity contribution < 1.29 is 14.1 Å². The molecule has 1 aromatic carbocycles. The Morgan fingerprint density at radius 1 is 1.32 bits per heavy atom. The van der Waals surface area contributed by atoms with Crippen molar-refractivity contribution >= 4 is 23.2 Å². The molecule has 28 heavy (non-hydrogen) atoms. The first-order chi connectivity index (χ1) is 13.6. The summed E-state index contributed by atoms with van der Waals surface area (Å²) in [6.45, 7) is 2.46. The van der Waals surface area contributed by atoms with Crippen LogP contribution in [0.4, 0.5) is 5.69 Å². The molecule has 1 aliphatic heterocycles. The van der Waals surface area contributed by atoms with E-state index in [-0.39, 0.29) is 24.3 Å². The average Bonchev–Trinajstić information content (AvgIpc) is 3.35. The maximum atomic E-state index is 12.4. The van der Waals surface area contributed by atoms with E-state index in [2.05, 4.69) is 20.4 Å². The Morgan fingerprint density at radius 2 is 2.21 bits per heavy atom. The van der Waals surface area contributed by atoms with Gasteiger partial charge in [-0.05, 0) is 42.7 Å². The van der Waals surface area contributed by atoms with Crippen molar-refractivity contribution in [1.29, 1.82) is 0 Å². The van der Waals surface area contributed by atoms with E-state index in [1.54, 1.807) is 30.6 Å². The van der Waals surface area contributed by atoms with Crippen molar-refractivity contribution in [2.75, 3.05) is 11.9 Å². The highest BCUT2D eigenvalue weighted by Crippen LogP contribution is 2.40. The highest BCUT2D eigenvalue weighted by atomic mass is 35.5. The molecule has 8 heteroatoms. The molecule has 0 bridgehead atoms. The number of aromatic nitrogens is 3. The quantitative estimate of drug-likeness (QED) is 0.702. The minimum atomic E-state index is -0.232. The van der Waals surface area contributed by atoms with E-state index >= 15 is 0 Å². The molecule has 2 atom stereocenters. The number of nitrogens with zero attached hydrogens (tertiary/aromatic N) is 3. The lowest BCUT2D eigenvalue weighted by molar-refractivity contribution is -0.115. The monoisotopic (exact) mass is 398 g/mol. The molecular formula is C20H19ClN4O3. The molecule has 0 unspecified atom stereocenters. The second-order valence-corrected chi connectivity index (χ2v) is 7.07. The number of carbonyl (C=O) groups is 1. The van der Waals surface area contributed by atoms with Gasteiger partial charge in [0, 0.05) is 29.7 Å². The van der Waals surface area contributed by atoms with Gasteiger partial charge in [-0.3, -0.25) is 9.78 Å². The Kier molecular flexibility index (Phi) is 5.36. The minimum Gasteiger partial charge on any atom is -0.373 e. The van der Waals surface area contributed by atoms with Gasteiger partial charge < -0.3 is 14.6 Å². The minimum absolute atomic E-state index is 0.0145. The molecule has 0 radical (unpaired) electrons. The maximum absolute atomic E-state index is 12.4. The van der Waals surface area contributed by atoms with E-state index in [9.17, 15) is 4.79 Å². The fourth-order valence-corrected chi connectivity index (χ4v) is 3.46. The van der Waals surface area contributed by atoms with Crippen LogP contribution in [0.15, 0.2) is 47.2 Å². The number of anilines is 1. The number of rotatable bonds is 5. The van der Waals surface area contributed by atoms with Crippen LogP contribution in [0.25, 0.3) is 0 Å². The molecule has 144 valence electrons. The molecule has 7 nitrogen and oxygen atoms in total. The molecule has 1 amide bonds. The summed E-state index contributed by atoms with van der Waals surface area (Å²) in [5.41, 5.74) is 2.45. The smallest absolute Gasteiger partial charge is 0.232 e. The predicted molar refractivity (Wildman–Crippen MR) is 103 cm³/mol. The summed E-state index contributed by atoms with van der Waals surface area (Å²) in [6.07, 6.45) is 4.11. The standard InChI is InChI=1S/C20H19ClN4O3/c1-12-15(21)5-2-6-16(12)23-18(26)10-17-24-20(28-25-17)14-7-9-27-19(14)13-4-3-8-22-11-13/h2-6,8,11,14,19H,7,9-10H2,1H3,(H,23,26)/t14-,19+/m0/s1. The van der Waals surface area contributed by atoms with Gasteiger partial charge in [-0.15, -0.1) is 0 Å². The Labute approximate surface area is 167 Å².